The maximum atomic E-state index is 12.0. The monoisotopic (exact) mass is 744 g/mol. The second kappa shape index (κ2) is 33.2. The molecule has 0 aromatic carbocycles. The Balaban J connectivity index is 3.27. The maximum absolute atomic E-state index is 12.0. The highest BCUT2D eigenvalue weighted by atomic mass is 32.3. The Morgan fingerprint density at radius 1 is 0.611 bits per heavy atom. The molecule has 0 spiro atoms. The van der Waals surface area contributed by atoms with E-state index in [2.05, 4.69) is 6.92 Å². The number of thioether (sulfide) groups is 12. The molecule has 0 saturated heterocycles. The molecule has 0 heterocycles. The molecule has 0 aliphatic rings. The quantitative estimate of drug-likeness (QED) is 0.0632. The van der Waals surface area contributed by atoms with Gasteiger partial charge in [0.05, 0.1) is 22.5 Å². The SMILES string of the molecule is CCCS(=O)CSCSCSCSCSC(=O)CSCSCSCSCC(=O)SCCSCSCO. The molecule has 0 aliphatic heterocycles. The van der Waals surface area contributed by atoms with Gasteiger partial charge in [0.2, 0.25) is 0 Å². The fourth-order valence-electron chi connectivity index (χ4n) is 1.75. The first kappa shape index (κ1) is 39.6. The lowest BCUT2D eigenvalue weighted by Crippen LogP contribution is -1.99. The summed E-state index contributed by atoms with van der Waals surface area (Å²) in [6.45, 7) is 2.07. The van der Waals surface area contributed by atoms with E-state index in [0.29, 0.717) is 11.5 Å². The summed E-state index contributed by atoms with van der Waals surface area (Å²) in [6, 6.07) is 0. The van der Waals surface area contributed by atoms with Gasteiger partial charge < -0.3 is 5.11 Å². The van der Waals surface area contributed by atoms with E-state index in [-0.39, 0.29) is 16.2 Å². The van der Waals surface area contributed by atoms with Crippen LogP contribution < -0.4 is 0 Å². The van der Waals surface area contributed by atoms with Gasteiger partial charge in [-0.2, -0.15) is 11.8 Å². The first-order chi connectivity index (χ1) is 17.6. The van der Waals surface area contributed by atoms with Crippen LogP contribution in [0.1, 0.15) is 13.3 Å². The highest BCUT2D eigenvalue weighted by molar-refractivity contribution is 8.31. The van der Waals surface area contributed by atoms with Crippen molar-refractivity contribution in [3.8, 4) is 0 Å². The van der Waals surface area contributed by atoms with Gasteiger partial charge in [0.25, 0.3) is 0 Å². The van der Waals surface area contributed by atoms with Crippen LogP contribution in [0, 0.1) is 0 Å². The molecule has 1 unspecified atom stereocenters. The smallest absolute Gasteiger partial charge is 0.199 e. The van der Waals surface area contributed by atoms with Crippen molar-refractivity contribution in [2.45, 2.75) is 13.3 Å². The fourth-order valence-corrected chi connectivity index (χ4v) is 16.9. The molecule has 36 heavy (non-hydrogen) atoms. The first-order valence-electron chi connectivity index (χ1n) is 10.6. The number of carbonyl (C=O) groups excluding carboxylic acids is 2. The molecule has 0 aliphatic carbocycles. The summed E-state index contributed by atoms with van der Waals surface area (Å²) in [7, 11) is -0.663. The number of carbonyl (C=O) groups is 2. The van der Waals surface area contributed by atoms with Crippen molar-refractivity contribution < 1.29 is 18.9 Å². The Hall–Kier alpha value is 3.65. The van der Waals surface area contributed by atoms with E-state index in [1.165, 1.54) is 35.3 Å². The first-order valence-corrected chi connectivity index (χ1v) is 25.6. The highest BCUT2D eigenvalue weighted by Crippen LogP contribution is 2.25. The van der Waals surface area contributed by atoms with Gasteiger partial charge in [-0.25, -0.2) is 0 Å². The molecule has 0 rings (SSSR count). The number of hydrogen-bond donors (Lipinski definition) is 1. The summed E-state index contributed by atoms with van der Waals surface area (Å²) in [5, 5.41) is 17.5. The minimum Gasteiger partial charge on any atom is -0.386 e. The van der Waals surface area contributed by atoms with Gasteiger partial charge in [0, 0.05) is 68.7 Å². The van der Waals surface area contributed by atoms with E-state index in [1.54, 1.807) is 58.8 Å². The lowest BCUT2D eigenvalue weighted by atomic mass is 10.6. The van der Waals surface area contributed by atoms with Crippen molar-refractivity contribution >= 4 is 162 Å². The van der Waals surface area contributed by atoms with Crippen molar-refractivity contribution in [2.75, 3.05) is 80.5 Å². The van der Waals surface area contributed by atoms with Crippen LogP contribution in [0.15, 0.2) is 0 Å². The van der Waals surface area contributed by atoms with Crippen LogP contribution in [0.25, 0.3) is 0 Å². The summed E-state index contributed by atoms with van der Waals surface area (Å²) >= 11 is 20.4. The van der Waals surface area contributed by atoms with E-state index in [4.69, 9.17) is 5.11 Å². The van der Waals surface area contributed by atoms with Gasteiger partial charge in [0.1, 0.15) is 0 Å². The van der Waals surface area contributed by atoms with Crippen LogP contribution in [0.4, 0.5) is 0 Å². The van der Waals surface area contributed by atoms with Crippen LogP contribution >= 0.6 is 141 Å². The highest BCUT2D eigenvalue weighted by Gasteiger charge is 2.05. The Morgan fingerprint density at radius 2 is 1.11 bits per heavy atom. The fraction of sp³-hybridized carbons (Fsp3) is 0.895. The molecule has 1 N–H and O–H groups in total. The Morgan fingerprint density at radius 3 is 1.69 bits per heavy atom. The second-order valence-corrected chi connectivity index (χ2v) is 23.1. The number of rotatable bonds is 28. The minimum atomic E-state index is -0.663. The van der Waals surface area contributed by atoms with Crippen molar-refractivity contribution in [2.24, 2.45) is 0 Å². The van der Waals surface area contributed by atoms with Crippen LogP contribution in [-0.4, -0.2) is 100 Å². The normalized spacial score (nSPS) is 12.2. The van der Waals surface area contributed by atoms with Crippen molar-refractivity contribution in [3.63, 3.8) is 0 Å². The van der Waals surface area contributed by atoms with Crippen molar-refractivity contribution in [3.05, 3.63) is 0 Å². The van der Waals surface area contributed by atoms with E-state index >= 15 is 0 Å². The summed E-state index contributed by atoms with van der Waals surface area (Å²) in [5.41, 5.74) is 0. The lowest BCUT2D eigenvalue weighted by molar-refractivity contribution is -0.109. The van der Waals surface area contributed by atoms with Crippen molar-refractivity contribution in [1.29, 1.82) is 0 Å². The Bertz CT molecular complexity index is 545. The zero-order chi connectivity index (χ0) is 26.5. The largest absolute Gasteiger partial charge is 0.386 e. The molecule has 0 aromatic heterocycles. The van der Waals surface area contributed by atoms with Crippen LogP contribution in [0.5, 0.6) is 0 Å². The van der Waals surface area contributed by atoms with Crippen LogP contribution in [0.2, 0.25) is 0 Å². The summed E-state index contributed by atoms with van der Waals surface area (Å²) < 4.78 is 11.5. The van der Waals surface area contributed by atoms with Crippen molar-refractivity contribution in [1.82, 2.24) is 0 Å². The predicted octanol–water partition coefficient (Wildman–Crippen LogP) is 7.56. The standard InChI is InChI=1S/C19H36O4S13/c1-2-5-36(23)17-33-15-31-13-30-14-32-16-35-19(22)7-26-11-29-12-28-10-25-6-18(21)34-4-3-24-9-27-8-20/h20H,2-17H2,1H3. The van der Waals surface area contributed by atoms with Gasteiger partial charge in [-0.15, -0.1) is 106 Å². The molecule has 0 radical (unpaired) electrons. The lowest BCUT2D eigenvalue weighted by Gasteiger charge is -2.04. The van der Waals surface area contributed by atoms with Gasteiger partial charge in [-0.3, -0.25) is 13.8 Å². The third-order valence-corrected chi connectivity index (χ3v) is 19.8. The Labute approximate surface area is 271 Å². The average molecular weight is 745 g/mol. The summed E-state index contributed by atoms with van der Waals surface area (Å²) in [5.74, 6) is 3.89. The average Bonchev–Trinajstić information content (AvgIpc) is 2.86. The number of aliphatic hydroxyl groups is 1. The number of aliphatic hydroxyl groups excluding tert-OH is 1. The molecule has 17 heteroatoms. The predicted molar refractivity (Wildman–Crippen MR) is 195 cm³/mol. The zero-order valence-electron chi connectivity index (χ0n) is 20.3. The van der Waals surface area contributed by atoms with E-state index in [0.717, 1.165) is 69.4 Å². The van der Waals surface area contributed by atoms with Gasteiger partial charge in [-0.05, 0) is 6.42 Å². The molecule has 4 nitrogen and oxygen atoms in total. The van der Waals surface area contributed by atoms with Gasteiger partial charge in [-0.1, -0.05) is 30.4 Å². The van der Waals surface area contributed by atoms with Crippen LogP contribution in [0.3, 0.4) is 0 Å². The molecular formula is C19H36O4S13. The molecule has 1 atom stereocenters. The van der Waals surface area contributed by atoms with E-state index in [9.17, 15) is 13.8 Å². The minimum absolute atomic E-state index is 0.160. The molecule has 0 aromatic rings. The molecule has 214 valence electrons. The molecule has 0 saturated carbocycles. The molecular weight excluding hydrogens is 709 g/mol. The molecule has 0 amide bonds. The maximum Gasteiger partial charge on any atom is 0.199 e. The zero-order valence-corrected chi connectivity index (χ0v) is 30.9. The summed E-state index contributed by atoms with van der Waals surface area (Å²) in [6.07, 6.45) is 0.989. The summed E-state index contributed by atoms with van der Waals surface area (Å²) in [4.78, 5) is 23.8. The van der Waals surface area contributed by atoms with Crippen LogP contribution in [-0.2, 0) is 20.4 Å². The van der Waals surface area contributed by atoms with E-state index in [1.807, 2.05) is 47.0 Å². The third kappa shape index (κ3) is 32.2. The Kier molecular flexibility index (Phi) is 36.5. The van der Waals surface area contributed by atoms with Gasteiger partial charge in [0.15, 0.2) is 10.2 Å². The van der Waals surface area contributed by atoms with Gasteiger partial charge >= 0.3 is 0 Å². The molecule has 0 fully saturated rings. The van der Waals surface area contributed by atoms with E-state index < -0.39 is 10.8 Å². The third-order valence-electron chi connectivity index (χ3n) is 3.14. The number of hydrogen-bond acceptors (Lipinski definition) is 16. The molecule has 0 bridgehead atoms. The topological polar surface area (TPSA) is 71.4 Å². The second-order valence-electron chi connectivity index (χ2n) is 6.10.